The second-order valence-electron chi connectivity index (χ2n) is 9.16. The molecule has 0 unspecified atom stereocenters. The molecule has 2 aromatic carbocycles. The van der Waals surface area contributed by atoms with Crippen LogP contribution in [0.3, 0.4) is 0 Å². The average molecular weight is 575 g/mol. The third-order valence-corrected chi connectivity index (χ3v) is 9.22. The summed E-state index contributed by atoms with van der Waals surface area (Å²) in [7, 11) is -1.83. The molecule has 0 amide bonds. The van der Waals surface area contributed by atoms with E-state index in [4.69, 9.17) is 4.74 Å². The number of hydrogen-bond donors (Lipinski definition) is 3. The zero-order valence-corrected chi connectivity index (χ0v) is 23.3. The number of piperidine rings is 1. The van der Waals surface area contributed by atoms with Gasteiger partial charge in [-0.1, -0.05) is 12.1 Å². The van der Waals surface area contributed by atoms with Gasteiger partial charge < -0.3 is 20.7 Å². The fraction of sp³-hybridized carbons (Fsp3) is 0.385. The van der Waals surface area contributed by atoms with Crippen molar-refractivity contribution in [3.05, 3.63) is 58.2 Å². The summed E-state index contributed by atoms with van der Waals surface area (Å²) >= 11 is 3.48. The molecule has 192 valence electrons. The number of sulfone groups is 1. The molecule has 1 fully saturated rings. The number of hydrogen-bond acceptors (Lipinski definition) is 8. The molecule has 4 rings (SSSR count). The predicted octanol–water partition coefficient (Wildman–Crippen LogP) is 5.69. The second kappa shape index (κ2) is 11.1. The first-order chi connectivity index (χ1) is 17.2. The van der Waals surface area contributed by atoms with E-state index in [2.05, 4.69) is 60.9 Å². The number of halogens is 1. The molecule has 36 heavy (non-hydrogen) atoms. The molecule has 10 heteroatoms. The lowest BCUT2D eigenvalue weighted by molar-refractivity contribution is 0.413. The van der Waals surface area contributed by atoms with Crippen molar-refractivity contribution in [2.24, 2.45) is 0 Å². The lowest BCUT2D eigenvalue weighted by Gasteiger charge is -2.25. The molecule has 1 aliphatic heterocycles. The molecule has 3 aromatic rings. The number of methoxy groups -OCH3 is 1. The standard InChI is InChI=1S/C26H32BrN5O3S/c1-16(2)36(33,34)24-8-6-5-7-21(24)30-25-20(27)15-29-26(32-25)31-22-13-17(3)19(14-23(22)35-4)18-9-11-28-12-10-18/h5-8,13-16,18,28H,9-12H2,1-4H3,(H2,29,30,31,32). The summed E-state index contributed by atoms with van der Waals surface area (Å²) in [5.74, 6) is 2.04. The molecule has 1 aliphatic rings. The van der Waals surface area contributed by atoms with E-state index < -0.39 is 15.1 Å². The van der Waals surface area contributed by atoms with Crippen LogP contribution in [0, 0.1) is 6.92 Å². The molecule has 8 nitrogen and oxygen atoms in total. The number of aryl methyl sites for hydroxylation is 1. The molecule has 0 radical (unpaired) electrons. The maximum Gasteiger partial charge on any atom is 0.229 e. The van der Waals surface area contributed by atoms with E-state index in [9.17, 15) is 8.42 Å². The third kappa shape index (κ3) is 5.66. The molecule has 1 aromatic heterocycles. The van der Waals surface area contributed by atoms with Gasteiger partial charge in [0.15, 0.2) is 9.84 Å². The largest absolute Gasteiger partial charge is 0.495 e. The number of nitrogens with one attached hydrogen (secondary N) is 3. The molecule has 2 heterocycles. The van der Waals surface area contributed by atoms with Crippen LogP contribution in [0.4, 0.5) is 23.1 Å². The summed E-state index contributed by atoms with van der Waals surface area (Å²) in [6.07, 6.45) is 3.84. The monoisotopic (exact) mass is 573 g/mol. The van der Waals surface area contributed by atoms with Crippen molar-refractivity contribution in [1.29, 1.82) is 0 Å². The average Bonchev–Trinajstić information content (AvgIpc) is 2.87. The predicted molar refractivity (Wildman–Crippen MR) is 148 cm³/mol. The highest BCUT2D eigenvalue weighted by atomic mass is 79.9. The highest BCUT2D eigenvalue weighted by Gasteiger charge is 2.23. The number of para-hydroxylation sites is 1. The molecule has 0 spiro atoms. The van der Waals surface area contributed by atoms with Crippen LogP contribution < -0.4 is 20.7 Å². The Morgan fingerprint density at radius 3 is 2.53 bits per heavy atom. The van der Waals surface area contributed by atoms with Gasteiger partial charge in [-0.05, 0) is 104 Å². The van der Waals surface area contributed by atoms with E-state index >= 15 is 0 Å². The van der Waals surface area contributed by atoms with Crippen molar-refractivity contribution in [2.45, 2.75) is 49.7 Å². The zero-order chi connectivity index (χ0) is 25.9. The minimum absolute atomic E-state index is 0.228. The van der Waals surface area contributed by atoms with Crippen molar-refractivity contribution in [1.82, 2.24) is 15.3 Å². The molecule has 0 saturated carbocycles. The van der Waals surface area contributed by atoms with Gasteiger partial charge in [0.2, 0.25) is 5.95 Å². The smallest absolute Gasteiger partial charge is 0.229 e. The number of ether oxygens (including phenoxy) is 1. The van der Waals surface area contributed by atoms with Crippen LogP contribution in [-0.2, 0) is 9.84 Å². The number of nitrogens with zero attached hydrogens (tertiary/aromatic N) is 2. The fourth-order valence-electron chi connectivity index (χ4n) is 4.38. The van der Waals surface area contributed by atoms with E-state index in [1.807, 2.05) is 0 Å². The fourth-order valence-corrected chi connectivity index (χ4v) is 5.87. The van der Waals surface area contributed by atoms with E-state index in [0.29, 0.717) is 27.8 Å². The quantitative estimate of drug-likeness (QED) is 0.315. The Labute approximate surface area is 221 Å². The van der Waals surface area contributed by atoms with Crippen molar-refractivity contribution >= 4 is 48.9 Å². The molecule has 3 N–H and O–H groups in total. The van der Waals surface area contributed by atoms with Gasteiger partial charge in [-0.15, -0.1) is 0 Å². The summed E-state index contributed by atoms with van der Waals surface area (Å²) < 4.78 is 32.0. The number of anilines is 4. The minimum Gasteiger partial charge on any atom is -0.495 e. The van der Waals surface area contributed by atoms with Gasteiger partial charge in [0.25, 0.3) is 0 Å². The SMILES string of the molecule is COc1cc(C2CCNCC2)c(C)cc1Nc1ncc(Br)c(Nc2ccccc2S(=O)(=O)C(C)C)n1. The minimum atomic E-state index is -3.48. The summed E-state index contributed by atoms with van der Waals surface area (Å²) in [5, 5.41) is 9.31. The topological polar surface area (TPSA) is 105 Å². The van der Waals surface area contributed by atoms with Gasteiger partial charge >= 0.3 is 0 Å². The highest BCUT2D eigenvalue weighted by Crippen LogP contribution is 2.37. The molecule has 0 atom stereocenters. The summed E-state index contributed by atoms with van der Waals surface area (Å²) in [6.45, 7) is 7.50. The van der Waals surface area contributed by atoms with Crippen molar-refractivity contribution in [3.8, 4) is 5.75 Å². The van der Waals surface area contributed by atoms with Gasteiger partial charge in [0.1, 0.15) is 11.6 Å². The van der Waals surface area contributed by atoms with Gasteiger partial charge in [-0.3, -0.25) is 0 Å². The highest BCUT2D eigenvalue weighted by molar-refractivity contribution is 9.10. The molecular weight excluding hydrogens is 542 g/mol. The third-order valence-electron chi connectivity index (χ3n) is 6.42. The number of aromatic nitrogens is 2. The van der Waals surface area contributed by atoms with E-state index in [-0.39, 0.29) is 4.90 Å². The van der Waals surface area contributed by atoms with Crippen LogP contribution in [0.1, 0.15) is 43.7 Å². The van der Waals surface area contributed by atoms with Crippen molar-refractivity contribution in [3.63, 3.8) is 0 Å². The lowest BCUT2D eigenvalue weighted by atomic mass is 9.87. The van der Waals surface area contributed by atoms with Crippen molar-refractivity contribution in [2.75, 3.05) is 30.8 Å². The summed E-state index contributed by atoms with van der Waals surface area (Å²) in [6, 6.07) is 11.0. The number of benzene rings is 2. The normalized spacial score (nSPS) is 14.6. The molecular formula is C26H32BrN5O3S. The maximum atomic E-state index is 12.9. The van der Waals surface area contributed by atoms with Crippen LogP contribution in [0.5, 0.6) is 5.75 Å². The van der Waals surface area contributed by atoms with E-state index in [1.165, 1.54) is 11.1 Å². The van der Waals surface area contributed by atoms with Crippen LogP contribution in [-0.4, -0.2) is 43.8 Å². The number of rotatable bonds is 8. The van der Waals surface area contributed by atoms with E-state index in [0.717, 1.165) is 37.4 Å². The Balaban J connectivity index is 1.63. The summed E-state index contributed by atoms with van der Waals surface area (Å²) in [5.41, 5.74) is 3.72. The van der Waals surface area contributed by atoms with Gasteiger partial charge in [-0.2, -0.15) is 4.98 Å². The van der Waals surface area contributed by atoms with Gasteiger partial charge in [-0.25, -0.2) is 13.4 Å². The van der Waals surface area contributed by atoms with Gasteiger partial charge in [0, 0.05) is 6.20 Å². The van der Waals surface area contributed by atoms with Crippen LogP contribution >= 0.6 is 15.9 Å². The zero-order valence-electron chi connectivity index (χ0n) is 20.9. The Morgan fingerprint density at radius 2 is 1.83 bits per heavy atom. The molecule has 0 bridgehead atoms. The van der Waals surface area contributed by atoms with Crippen LogP contribution in [0.2, 0.25) is 0 Å². The van der Waals surface area contributed by atoms with Crippen LogP contribution in [0.15, 0.2) is 52.0 Å². The second-order valence-corrected chi connectivity index (χ2v) is 12.5. The molecule has 0 aliphatic carbocycles. The van der Waals surface area contributed by atoms with E-state index in [1.54, 1.807) is 51.4 Å². The Hall–Kier alpha value is -2.69. The van der Waals surface area contributed by atoms with Gasteiger partial charge in [0.05, 0.1) is 33.1 Å². The maximum absolute atomic E-state index is 12.9. The Bertz CT molecular complexity index is 1340. The first kappa shape index (κ1) is 26.4. The first-order valence-electron chi connectivity index (χ1n) is 12.0. The van der Waals surface area contributed by atoms with Crippen molar-refractivity contribution < 1.29 is 13.2 Å². The first-order valence-corrected chi connectivity index (χ1v) is 14.3. The van der Waals surface area contributed by atoms with Crippen LogP contribution in [0.25, 0.3) is 0 Å². The summed E-state index contributed by atoms with van der Waals surface area (Å²) in [4.78, 5) is 9.24. The molecule has 1 saturated heterocycles. The Kier molecular flexibility index (Phi) is 8.17. The Morgan fingerprint density at radius 1 is 1.11 bits per heavy atom. The lowest BCUT2D eigenvalue weighted by Crippen LogP contribution is -2.27.